The number of nitrogens with one attached hydrogen (secondary N) is 1. The number of rotatable bonds is 4. The molecule has 3 heterocycles. The molecular formula is C21H32N4O4S. The zero-order chi connectivity index (χ0) is 21.3. The van der Waals surface area contributed by atoms with Crippen LogP contribution in [-0.2, 0) is 27.8 Å². The van der Waals surface area contributed by atoms with Gasteiger partial charge in [-0.2, -0.15) is 4.31 Å². The van der Waals surface area contributed by atoms with Crippen LogP contribution in [-0.4, -0.2) is 52.3 Å². The molecule has 1 amide bonds. The van der Waals surface area contributed by atoms with Gasteiger partial charge in [0.05, 0.1) is 23.1 Å². The molecule has 1 aromatic rings. The molecule has 3 aliphatic rings. The minimum atomic E-state index is -3.34. The topological polar surface area (TPSA) is 103 Å². The summed E-state index contributed by atoms with van der Waals surface area (Å²) in [5.74, 6) is 0.886. The Bertz CT molecular complexity index is 952. The smallest absolute Gasteiger partial charge is 0.255 e. The van der Waals surface area contributed by atoms with Crippen molar-refractivity contribution < 1.29 is 13.2 Å². The molecule has 0 bridgehead atoms. The Hall–Kier alpha value is -1.74. The van der Waals surface area contributed by atoms with E-state index in [2.05, 4.69) is 4.98 Å². The Kier molecular flexibility index (Phi) is 6.29. The number of carbonyl (C=O) groups excluding carboxylic acids is 1. The maximum absolute atomic E-state index is 13.2. The minimum absolute atomic E-state index is 0.0199. The van der Waals surface area contributed by atoms with Crippen molar-refractivity contribution in [2.75, 3.05) is 18.8 Å². The number of amides is 1. The van der Waals surface area contributed by atoms with Gasteiger partial charge in [-0.25, -0.2) is 13.4 Å². The number of H-pyrrole nitrogens is 1. The largest absolute Gasteiger partial charge is 0.332 e. The quantitative estimate of drug-likeness (QED) is 0.779. The summed E-state index contributed by atoms with van der Waals surface area (Å²) >= 11 is 0. The number of piperidine rings is 1. The first-order chi connectivity index (χ1) is 14.4. The van der Waals surface area contributed by atoms with Crippen LogP contribution in [0.15, 0.2) is 4.79 Å². The van der Waals surface area contributed by atoms with Gasteiger partial charge in [0.25, 0.3) is 5.56 Å². The van der Waals surface area contributed by atoms with E-state index in [1.807, 2.05) is 4.90 Å². The lowest BCUT2D eigenvalue weighted by atomic mass is 9.87. The van der Waals surface area contributed by atoms with E-state index in [0.29, 0.717) is 36.6 Å². The van der Waals surface area contributed by atoms with Gasteiger partial charge >= 0.3 is 0 Å². The number of hydrogen-bond donors (Lipinski definition) is 1. The molecule has 0 aromatic carbocycles. The van der Waals surface area contributed by atoms with Crippen LogP contribution in [0.1, 0.15) is 81.4 Å². The summed E-state index contributed by atoms with van der Waals surface area (Å²) in [5.41, 5.74) is 0.830. The Labute approximate surface area is 178 Å². The molecule has 2 fully saturated rings. The highest BCUT2D eigenvalue weighted by molar-refractivity contribution is 7.89. The predicted octanol–water partition coefficient (Wildman–Crippen LogP) is 2.11. The van der Waals surface area contributed by atoms with Crippen LogP contribution in [0.25, 0.3) is 0 Å². The second kappa shape index (κ2) is 8.78. The average molecular weight is 437 g/mol. The standard InChI is InChI=1S/C21H32N4O4S/c1-2-30(28,29)24-13-11-17-16(14-24)20(26)23-19(22-17)18-10-6-7-12-25(18)21(27)15-8-4-3-5-9-15/h15,18H,2-14H2,1H3,(H,22,23,26)/t18-/m0/s1. The van der Waals surface area contributed by atoms with Gasteiger partial charge in [-0.1, -0.05) is 19.3 Å². The Balaban J connectivity index is 1.60. The van der Waals surface area contributed by atoms with Crippen molar-refractivity contribution in [3.05, 3.63) is 27.4 Å². The lowest BCUT2D eigenvalue weighted by Crippen LogP contribution is -2.44. The van der Waals surface area contributed by atoms with E-state index < -0.39 is 10.0 Å². The van der Waals surface area contributed by atoms with Gasteiger partial charge in [0.15, 0.2) is 0 Å². The van der Waals surface area contributed by atoms with Gasteiger partial charge in [-0.15, -0.1) is 0 Å². The number of sulfonamides is 1. The van der Waals surface area contributed by atoms with Crippen molar-refractivity contribution in [1.82, 2.24) is 19.2 Å². The minimum Gasteiger partial charge on any atom is -0.332 e. The molecule has 166 valence electrons. The van der Waals surface area contributed by atoms with Crippen molar-refractivity contribution in [2.45, 2.75) is 77.3 Å². The Morgan fingerprint density at radius 1 is 1.10 bits per heavy atom. The normalized spacial score (nSPS) is 23.9. The van der Waals surface area contributed by atoms with Crippen LogP contribution in [0.5, 0.6) is 0 Å². The van der Waals surface area contributed by atoms with Crippen LogP contribution in [0.2, 0.25) is 0 Å². The van der Waals surface area contributed by atoms with Crippen LogP contribution >= 0.6 is 0 Å². The van der Waals surface area contributed by atoms with E-state index in [1.165, 1.54) is 10.7 Å². The number of nitrogens with zero attached hydrogens (tertiary/aromatic N) is 3. The number of aromatic amines is 1. The molecule has 0 unspecified atom stereocenters. The zero-order valence-electron chi connectivity index (χ0n) is 17.7. The molecule has 1 N–H and O–H groups in total. The Morgan fingerprint density at radius 3 is 2.57 bits per heavy atom. The van der Waals surface area contributed by atoms with E-state index in [0.717, 1.165) is 44.9 Å². The van der Waals surface area contributed by atoms with Crippen LogP contribution in [0.4, 0.5) is 0 Å². The van der Waals surface area contributed by atoms with Gasteiger partial charge in [0.1, 0.15) is 5.82 Å². The van der Waals surface area contributed by atoms with Gasteiger partial charge in [0, 0.05) is 32.0 Å². The summed E-state index contributed by atoms with van der Waals surface area (Å²) in [6.45, 7) is 2.73. The fraction of sp³-hybridized carbons (Fsp3) is 0.762. The number of carbonyl (C=O) groups is 1. The first-order valence-electron chi connectivity index (χ1n) is 11.3. The second-order valence-corrected chi connectivity index (χ2v) is 11.0. The summed E-state index contributed by atoms with van der Waals surface area (Å²) in [7, 11) is -3.34. The molecule has 0 radical (unpaired) electrons. The van der Waals surface area contributed by atoms with Crippen molar-refractivity contribution >= 4 is 15.9 Å². The molecule has 0 spiro atoms. The van der Waals surface area contributed by atoms with Gasteiger partial charge in [-0.05, 0) is 39.0 Å². The first kappa shape index (κ1) is 21.5. The molecule has 4 rings (SSSR count). The summed E-state index contributed by atoms with van der Waals surface area (Å²) in [6.07, 6.45) is 8.55. The van der Waals surface area contributed by atoms with Crippen LogP contribution in [0.3, 0.4) is 0 Å². The molecule has 8 nitrogen and oxygen atoms in total. The first-order valence-corrected chi connectivity index (χ1v) is 12.9. The number of fused-ring (bicyclic) bond motifs is 1. The predicted molar refractivity (Wildman–Crippen MR) is 113 cm³/mol. The molecule has 2 aliphatic heterocycles. The SMILES string of the molecule is CCS(=O)(=O)N1CCc2nc([C@@H]3CCCCN3C(=O)C3CCCCC3)[nH]c(=O)c2C1. The van der Waals surface area contributed by atoms with E-state index in [-0.39, 0.29) is 35.7 Å². The maximum atomic E-state index is 13.2. The number of likely N-dealkylation sites (tertiary alicyclic amines) is 1. The summed E-state index contributed by atoms with van der Waals surface area (Å²) in [4.78, 5) is 35.7. The highest BCUT2D eigenvalue weighted by Gasteiger charge is 2.35. The van der Waals surface area contributed by atoms with Crippen molar-refractivity contribution in [2.24, 2.45) is 5.92 Å². The van der Waals surface area contributed by atoms with E-state index in [4.69, 9.17) is 4.98 Å². The Morgan fingerprint density at radius 2 is 1.83 bits per heavy atom. The summed E-state index contributed by atoms with van der Waals surface area (Å²) < 4.78 is 25.8. The average Bonchev–Trinajstić information content (AvgIpc) is 2.79. The zero-order valence-corrected chi connectivity index (χ0v) is 18.5. The van der Waals surface area contributed by atoms with Gasteiger partial charge in [-0.3, -0.25) is 9.59 Å². The lowest BCUT2D eigenvalue weighted by molar-refractivity contribution is -0.140. The lowest BCUT2D eigenvalue weighted by Gasteiger charge is -2.38. The van der Waals surface area contributed by atoms with Crippen molar-refractivity contribution in [1.29, 1.82) is 0 Å². The monoisotopic (exact) mass is 436 g/mol. The second-order valence-electron chi connectivity index (χ2n) is 8.74. The van der Waals surface area contributed by atoms with Crippen LogP contribution < -0.4 is 5.56 Å². The van der Waals surface area contributed by atoms with Crippen LogP contribution in [0, 0.1) is 5.92 Å². The highest BCUT2D eigenvalue weighted by Crippen LogP contribution is 2.34. The highest BCUT2D eigenvalue weighted by atomic mass is 32.2. The number of aromatic nitrogens is 2. The third-order valence-corrected chi connectivity index (χ3v) is 8.69. The molecular weight excluding hydrogens is 404 g/mol. The van der Waals surface area contributed by atoms with E-state index in [9.17, 15) is 18.0 Å². The van der Waals surface area contributed by atoms with Crippen molar-refractivity contribution in [3.8, 4) is 0 Å². The maximum Gasteiger partial charge on any atom is 0.255 e. The molecule has 1 saturated heterocycles. The molecule has 1 aromatic heterocycles. The molecule has 9 heteroatoms. The fourth-order valence-electron chi connectivity index (χ4n) is 5.06. The van der Waals surface area contributed by atoms with Gasteiger partial charge < -0.3 is 9.88 Å². The fourth-order valence-corrected chi connectivity index (χ4v) is 6.12. The van der Waals surface area contributed by atoms with Crippen molar-refractivity contribution in [3.63, 3.8) is 0 Å². The summed E-state index contributed by atoms with van der Waals surface area (Å²) in [5, 5.41) is 0. The summed E-state index contributed by atoms with van der Waals surface area (Å²) in [6, 6.07) is -0.191. The van der Waals surface area contributed by atoms with Gasteiger partial charge in [0.2, 0.25) is 15.9 Å². The number of hydrogen-bond acceptors (Lipinski definition) is 5. The van der Waals surface area contributed by atoms with E-state index in [1.54, 1.807) is 6.92 Å². The molecule has 1 atom stereocenters. The molecule has 1 aliphatic carbocycles. The third-order valence-electron chi connectivity index (χ3n) is 6.87. The molecule has 1 saturated carbocycles. The third kappa shape index (κ3) is 4.19. The van der Waals surface area contributed by atoms with E-state index >= 15 is 0 Å². The molecule has 30 heavy (non-hydrogen) atoms.